The van der Waals surface area contributed by atoms with E-state index in [1.54, 1.807) is 11.8 Å². The fourth-order valence-corrected chi connectivity index (χ4v) is 4.48. The standard InChI is InChI=1S/C10H20N2OS3.ClH/c1-14-3-2-9(11)10(13)12-6-8-7-15-4-5-16-8;/h8-9H,2-7,11H2,1H3,(H,12,13);1H/t8?,9-;/m0./s1. The van der Waals surface area contributed by atoms with E-state index < -0.39 is 0 Å². The van der Waals surface area contributed by atoms with Crippen LogP contribution in [0.15, 0.2) is 0 Å². The Morgan fingerprint density at radius 2 is 2.35 bits per heavy atom. The number of thioether (sulfide) groups is 3. The topological polar surface area (TPSA) is 55.1 Å². The summed E-state index contributed by atoms with van der Waals surface area (Å²) in [5, 5.41) is 3.52. The zero-order valence-corrected chi connectivity index (χ0v) is 13.3. The van der Waals surface area contributed by atoms with Crippen LogP contribution in [0.5, 0.6) is 0 Å². The first kappa shape index (κ1) is 17.8. The Morgan fingerprint density at radius 1 is 1.59 bits per heavy atom. The van der Waals surface area contributed by atoms with Gasteiger partial charge in [0.05, 0.1) is 6.04 Å². The lowest BCUT2D eigenvalue weighted by atomic mass is 10.2. The monoisotopic (exact) mass is 316 g/mol. The number of hydrogen-bond donors (Lipinski definition) is 2. The average Bonchev–Trinajstić information content (AvgIpc) is 2.34. The molecule has 7 heteroatoms. The molecule has 0 aromatic carbocycles. The van der Waals surface area contributed by atoms with Gasteiger partial charge in [-0.05, 0) is 18.4 Å². The maximum atomic E-state index is 11.6. The largest absolute Gasteiger partial charge is 0.354 e. The molecule has 0 bridgehead atoms. The Balaban J connectivity index is 0.00000256. The van der Waals surface area contributed by atoms with Crippen molar-refractivity contribution in [3.8, 4) is 0 Å². The summed E-state index contributed by atoms with van der Waals surface area (Å²) >= 11 is 5.65. The number of amides is 1. The van der Waals surface area contributed by atoms with Gasteiger partial charge in [0.2, 0.25) is 5.91 Å². The van der Waals surface area contributed by atoms with E-state index in [2.05, 4.69) is 5.32 Å². The second-order valence-corrected chi connectivity index (χ2v) is 7.24. The summed E-state index contributed by atoms with van der Waals surface area (Å²) in [5.74, 6) is 4.53. The predicted molar refractivity (Wildman–Crippen MR) is 84.8 cm³/mol. The third kappa shape index (κ3) is 7.72. The minimum absolute atomic E-state index is 0. The molecule has 2 atom stereocenters. The first-order valence-electron chi connectivity index (χ1n) is 5.45. The van der Waals surface area contributed by atoms with Gasteiger partial charge in [-0.1, -0.05) is 0 Å². The van der Waals surface area contributed by atoms with Crippen LogP contribution in [-0.4, -0.2) is 53.0 Å². The molecule has 1 saturated heterocycles. The van der Waals surface area contributed by atoms with Crippen LogP contribution < -0.4 is 11.1 Å². The fourth-order valence-electron chi connectivity index (χ4n) is 1.38. The van der Waals surface area contributed by atoms with Crippen molar-refractivity contribution in [2.75, 3.05) is 35.8 Å². The molecule has 1 unspecified atom stereocenters. The summed E-state index contributed by atoms with van der Waals surface area (Å²) in [6.07, 6.45) is 2.79. The molecule has 0 aromatic heterocycles. The molecule has 0 saturated carbocycles. The van der Waals surface area contributed by atoms with E-state index in [0.717, 1.165) is 24.5 Å². The SMILES string of the molecule is CSCC[C@H](N)C(=O)NCC1CSCCS1.Cl. The molecule has 1 aliphatic rings. The fraction of sp³-hybridized carbons (Fsp3) is 0.900. The van der Waals surface area contributed by atoms with Crippen LogP contribution in [0.1, 0.15) is 6.42 Å². The molecular formula is C10H21ClN2OS3. The first-order chi connectivity index (χ1) is 7.74. The molecule has 17 heavy (non-hydrogen) atoms. The van der Waals surface area contributed by atoms with Crippen molar-refractivity contribution in [2.45, 2.75) is 17.7 Å². The molecule has 1 fully saturated rings. The molecular weight excluding hydrogens is 296 g/mol. The van der Waals surface area contributed by atoms with Crippen LogP contribution in [0.3, 0.4) is 0 Å². The lowest BCUT2D eigenvalue weighted by Gasteiger charge is -2.22. The highest BCUT2D eigenvalue weighted by Gasteiger charge is 2.17. The van der Waals surface area contributed by atoms with Gasteiger partial charge in [0, 0.05) is 29.1 Å². The average molecular weight is 317 g/mol. The molecule has 1 rings (SSSR count). The lowest BCUT2D eigenvalue weighted by molar-refractivity contribution is -0.122. The highest BCUT2D eigenvalue weighted by molar-refractivity contribution is 8.06. The Hall–Kier alpha value is 0.770. The summed E-state index contributed by atoms with van der Waals surface area (Å²) in [6, 6.07) is -0.339. The summed E-state index contributed by atoms with van der Waals surface area (Å²) in [4.78, 5) is 11.6. The lowest BCUT2D eigenvalue weighted by Crippen LogP contribution is -2.44. The Morgan fingerprint density at radius 3 is 2.94 bits per heavy atom. The van der Waals surface area contributed by atoms with Crippen LogP contribution in [-0.2, 0) is 4.79 Å². The van der Waals surface area contributed by atoms with Gasteiger partial charge < -0.3 is 11.1 Å². The second kappa shape index (κ2) is 10.7. The molecule has 0 radical (unpaired) electrons. The molecule has 0 aliphatic carbocycles. The van der Waals surface area contributed by atoms with Crippen molar-refractivity contribution in [3.05, 3.63) is 0 Å². The van der Waals surface area contributed by atoms with E-state index in [1.165, 1.54) is 11.5 Å². The number of nitrogens with one attached hydrogen (secondary N) is 1. The van der Waals surface area contributed by atoms with Gasteiger partial charge in [-0.3, -0.25) is 4.79 Å². The highest BCUT2D eigenvalue weighted by atomic mass is 35.5. The normalized spacial score (nSPS) is 21.4. The van der Waals surface area contributed by atoms with E-state index in [-0.39, 0.29) is 24.4 Å². The number of hydrogen-bond acceptors (Lipinski definition) is 5. The number of halogens is 1. The van der Waals surface area contributed by atoms with E-state index in [1.807, 2.05) is 29.8 Å². The summed E-state index contributed by atoms with van der Waals surface area (Å²) in [6.45, 7) is 0.767. The van der Waals surface area contributed by atoms with Crippen molar-refractivity contribution in [2.24, 2.45) is 5.73 Å². The van der Waals surface area contributed by atoms with Gasteiger partial charge in [-0.2, -0.15) is 35.3 Å². The molecule has 1 amide bonds. The van der Waals surface area contributed by atoms with Gasteiger partial charge in [0.1, 0.15) is 0 Å². The quantitative estimate of drug-likeness (QED) is 0.777. The van der Waals surface area contributed by atoms with E-state index >= 15 is 0 Å². The molecule has 1 aliphatic heterocycles. The Kier molecular flexibility index (Phi) is 11.2. The molecule has 102 valence electrons. The molecule has 1 heterocycles. The van der Waals surface area contributed by atoms with E-state index in [9.17, 15) is 4.79 Å². The summed E-state index contributed by atoms with van der Waals surface area (Å²) in [5.41, 5.74) is 5.78. The summed E-state index contributed by atoms with van der Waals surface area (Å²) in [7, 11) is 0. The van der Waals surface area contributed by atoms with Crippen LogP contribution in [0, 0.1) is 0 Å². The van der Waals surface area contributed by atoms with Crippen LogP contribution in [0.25, 0.3) is 0 Å². The first-order valence-corrected chi connectivity index (χ1v) is 9.05. The van der Waals surface area contributed by atoms with Crippen LogP contribution in [0.2, 0.25) is 0 Å². The highest BCUT2D eigenvalue weighted by Crippen LogP contribution is 2.23. The van der Waals surface area contributed by atoms with Gasteiger partial charge in [0.15, 0.2) is 0 Å². The molecule has 0 aromatic rings. The molecule has 3 nitrogen and oxygen atoms in total. The van der Waals surface area contributed by atoms with E-state index in [4.69, 9.17) is 5.73 Å². The van der Waals surface area contributed by atoms with Gasteiger partial charge in [-0.15, -0.1) is 12.4 Å². The maximum Gasteiger partial charge on any atom is 0.236 e. The third-order valence-electron chi connectivity index (χ3n) is 2.36. The van der Waals surface area contributed by atoms with Gasteiger partial charge in [-0.25, -0.2) is 0 Å². The van der Waals surface area contributed by atoms with E-state index in [0.29, 0.717) is 5.25 Å². The molecule has 0 spiro atoms. The number of carbonyl (C=O) groups excluding carboxylic acids is 1. The van der Waals surface area contributed by atoms with Gasteiger partial charge in [0.25, 0.3) is 0 Å². The van der Waals surface area contributed by atoms with Crippen molar-refractivity contribution in [1.82, 2.24) is 5.32 Å². The number of rotatable bonds is 6. The van der Waals surface area contributed by atoms with Crippen molar-refractivity contribution in [1.29, 1.82) is 0 Å². The second-order valence-electron chi connectivity index (χ2n) is 3.70. The molecule has 3 N–H and O–H groups in total. The van der Waals surface area contributed by atoms with Crippen molar-refractivity contribution < 1.29 is 4.79 Å². The van der Waals surface area contributed by atoms with Crippen molar-refractivity contribution in [3.63, 3.8) is 0 Å². The minimum Gasteiger partial charge on any atom is -0.354 e. The van der Waals surface area contributed by atoms with Gasteiger partial charge >= 0.3 is 0 Å². The Bertz CT molecular complexity index is 216. The number of carbonyl (C=O) groups is 1. The van der Waals surface area contributed by atoms with Crippen LogP contribution >= 0.6 is 47.7 Å². The maximum absolute atomic E-state index is 11.6. The predicted octanol–water partition coefficient (Wildman–Crippen LogP) is 1.45. The summed E-state index contributed by atoms with van der Waals surface area (Å²) < 4.78 is 0. The zero-order valence-electron chi connectivity index (χ0n) is 10.0. The minimum atomic E-state index is -0.339. The van der Waals surface area contributed by atoms with Crippen molar-refractivity contribution >= 4 is 53.6 Å². The Labute approximate surface area is 123 Å². The smallest absolute Gasteiger partial charge is 0.236 e. The third-order valence-corrected chi connectivity index (χ3v) is 5.85. The number of nitrogens with two attached hydrogens (primary N) is 1. The zero-order chi connectivity index (χ0) is 11.8. The van der Waals surface area contributed by atoms with Crippen LogP contribution in [0.4, 0.5) is 0 Å².